The Labute approximate surface area is 168 Å². The first-order valence-electron chi connectivity index (χ1n) is 9.52. The second kappa shape index (κ2) is 7.73. The van der Waals surface area contributed by atoms with Gasteiger partial charge in [0, 0.05) is 35.6 Å². The first kappa shape index (κ1) is 19.2. The Morgan fingerprint density at radius 3 is 2.93 bits per heavy atom. The van der Waals surface area contributed by atoms with Gasteiger partial charge in [-0.15, -0.1) is 0 Å². The van der Waals surface area contributed by atoms with E-state index in [-0.39, 0.29) is 11.5 Å². The van der Waals surface area contributed by atoms with Gasteiger partial charge in [0.1, 0.15) is 0 Å². The molecule has 0 aliphatic carbocycles. The molecule has 8 heteroatoms. The number of aliphatic hydroxyl groups is 1. The molecule has 2 aromatic rings. The molecule has 2 fully saturated rings. The topological polar surface area (TPSA) is 87.8 Å². The Bertz CT molecular complexity index is 850. The molecular formula is C20H24ClN3O4. The number of aliphatic hydroxyl groups excluding tert-OH is 1. The van der Waals surface area contributed by atoms with Gasteiger partial charge in [-0.3, -0.25) is 0 Å². The predicted molar refractivity (Wildman–Crippen MR) is 106 cm³/mol. The second-order valence-corrected chi connectivity index (χ2v) is 8.01. The fourth-order valence-electron chi connectivity index (χ4n) is 4.34. The van der Waals surface area contributed by atoms with Crippen LogP contribution in [-0.2, 0) is 4.74 Å². The summed E-state index contributed by atoms with van der Waals surface area (Å²) in [5, 5.41) is 18.9. The van der Waals surface area contributed by atoms with E-state index < -0.39 is 5.97 Å². The number of hydrogen-bond acceptors (Lipinski definition) is 7. The molecule has 2 aliphatic heterocycles. The first-order valence-corrected chi connectivity index (χ1v) is 9.89. The van der Waals surface area contributed by atoms with Gasteiger partial charge in [-0.2, -0.15) is 0 Å². The number of halogens is 1. The lowest BCUT2D eigenvalue weighted by Crippen LogP contribution is -2.58. The van der Waals surface area contributed by atoms with Crippen LogP contribution in [0.4, 0.5) is 5.82 Å². The lowest BCUT2D eigenvalue weighted by atomic mass is 9.72. The van der Waals surface area contributed by atoms with Crippen molar-refractivity contribution in [1.82, 2.24) is 10.5 Å². The zero-order valence-corrected chi connectivity index (χ0v) is 16.5. The van der Waals surface area contributed by atoms with Crippen LogP contribution in [0.3, 0.4) is 0 Å². The summed E-state index contributed by atoms with van der Waals surface area (Å²) in [6.07, 6.45) is 2.20. The summed E-state index contributed by atoms with van der Waals surface area (Å²) in [5.41, 5.74) is 0.762. The van der Waals surface area contributed by atoms with E-state index in [1.807, 2.05) is 4.90 Å². The molecule has 2 N–H and O–H groups in total. The van der Waals surface area contributed by atoms with E-state index in [1.165, 1.54) is 7.11 Å². The third kappa shape index (κ3) is 3.38. The van der Waals surface area contributed by atoms with Gasteiger partial charge in [0.2, 0.25) is 0 Å². The summed E-state index contributed by atoms with van der Waals surface area (Å²) >= 11 is 5.98. The SMILES string of the molecule is COC(=O)c1c(N2CCC[C@]3(CNCC[C@@H]3O)C2)noc1-c1ccc(Cl)cc1. The van der Waals surface area contributed by atoms with Crippen LogP contribution in [0.1, 0.15) is 29.6 Å². The van der Waals surface area contributed by atoms with Crippen LogP contribution in [0, 0.1) is 5.41 Å². The molecule has 0 saturated carbocycles. The van der Waals surface area contributed by atoms with Crippen molar-refractivity contribution in [3.05, 3.63) is 34.9 Å². The molecule has 2 atom stereocenters. The number of aromatic nitrogens is 1. The molecule has 2 aliphatic rings. The summed E-state index contributed by atoms with van der Waals surface area (Å²) in [6.45, 7) is 2.92. The van der Waals surface area contributed by atoms with E-state index in [0.717, 1.165) is 38.9 Å². The van der Waals surface area contributed by atoms with Crippen LogP contribution in [0.2, 0.25) is 5.02 Å². The molecule has 4 rings (SSSR count). The smallest absolute Gasteiger partial charge is 0.345 e. The Kier molecular flexibility index (Phi) is 5.31. The number of benzene rings is 1. The number of nitrogens with one attached hydrogen (secondary N) is 1. The maximum Gasteiger partial charge on any atom is 0.345 e. The van der Waals surface area contributed by atoms with Crippen molar-refractivity contribution in [2.24, 2.45) is 5.41 Å². The van der Waals surface area contributed by atoms with Crippen molar-refractivity contribution in [1.29, 1.82) is 0 Å². The van der Waals surface area contributed by atoms with Crippen LogP contribution < -0.4 is 10.2 Å². The van der Waals surface area contributed by atoms with Gasteiger partial charge in [0.25, 0.3) is 0 Å². The maximum absolute atomic E-state index is 12.6. The highest BCUT2D eigenvalue weighted by Gasteiger charge is 2.44. The van der Waals surface area contributed by atoms with Crippen LogP contribution in [-0.4, -0.2) is 55.6 Å². The Hall–Kier alpha value is -2.09. The average Bonchev–Trinajstić information content (AvgIpc) is 3.16. The molecule has 3 heterocycles. The number of carbonyl (C=O) groups excluding carboxylic acids is 1. The monoisotopic (exact) mass is 405 g/mol. The first-order chi connectivity index (χ1) is 13.5. The van der Waals surface area contributed by atoms with Gasteiger partial charge in [0.05, 0.1) is 13.2 Å². The third-order valence-corrected chi connectivity index (χ3v) is 6.11. The number of methoxy groups -OCH3 is 1. The summed E-state index contributed by atoms with van der Waals surface area (Å²) in [6, 6.07) is 7.04. The standard InChI is InChI=1S/C20H24ClN3O4/c1-27-19(26)16-17(13-3-5-14(21)6-4-13)28-23-18(16)24-10-2-8-20(12-24)11-22-9-7-15(20)25/h3-6,15,22,25H,2,7-12H2,1H3/t15-,20-/m0/s1. The molecule has 0 amide bonds. The second-order valence-electron chi connectivity index (χ2n) is 7.58. The normalized spacial score (nSPS) is 25.1. The fourth-order valence-corrected chi connectivity index (χ4v) is 4.47. The van der Waals surface area contributed by atoms with Crippen molar-refractivity contribution in [2.75, 3.05) is 38.2 Å². The van der Waals surface area contributed by atoms with E-state index in [9.17, 15) is 9.90 Å². The minimum atomic E-state index is -0.497. The van der Waals surface area contributed by atoms with Gasteiger partial charge < -0.3 is 24.6 Å². The largest absolute Gasteiger partial charge is 0.465 e. The van der Waals surface area contributed by atoms with E-state index in [0.29, 0.717) is 34.3 Å². The van der Waals surface area contributed by atoms with E-state index in [1.54, 1.807) is 24.3 Å². The Morgan fingerprint density at radius 2 is 2.21 bits per heavy atom. The minimum absolute atomic E-state index is 0.247. The molecule has 0 unspecified atom stereocenters. The van der Waals surface area contributed by atoms with E-state index in [4.69, 9.17) is 20.9 Å². The van der Waals surface area contributed by atoms with Crippen LogP contribution in [0.5, 0.6) is 0 Å². The number of nitrogens with zero attached hydrogens (tertiary/aromatic N) is 2. The van der Waals surface area contributed by atoms with Crippen molar-refractivity contribution in [3.63, 3.8) is 0 Å². The number of rotatable bonds is 3. The molecule has 0 radical (unpaired) electrons. The summed E-state index contributed by atoms with van der Waals surface area (Å²) in [7, 11) is 1.34. The zero-order valence-electron chi connectivity index (χ0n) is 15.8. The average molecular weight is 406 g/mol. The number of carbonyl (C=O) groups is 1. The highest BCUT2D eigenvalue weighted by molar-refractivity contribution is 6.30. The number of ether oxygens (including phenoxy) is 1. The molecular weight excluding hydrogens is 382 g/mol. The fraction of sp³-hybridized carbons (Fsp3) is 0.500. The number of piperidine rings is 2. The molecule has 28 heavy (non-hydrogen) atoms. The van der Waals surface area contributed by atoms with Crippen LogP contribution >= 0.6 is 11.6 Å². The van der Waals surface area contributed by atoms with Crippen molar-refractivity contribution in [2.45, 2.75) is 25.4 Å². The van der Waals surface area contributed by atoms with Gasteiger partial charge in [-0.1, -0.05) is 16.8 Å². The zero-order chi connectivity index (χ0) is 19.7. The number of esters is 1. The minimum Gasteiger partial charge on any atom is -0.465 e. The highest BCUT2D eigenvalue weighted by Crippen LogP contribution is 2.40. The molecule has 1 aromatic heterocycles. The molecule has 0 bridgehead atoms. The molecule has 2 saturated heterocycles. The number of anilines is 1. The lowest BCUT2D eigenvalue weighted by molar-refractivity contribution is -0.0103. The quantitative estimate of drug-likeness (QED) is 0.759. The van der Waals surface area contributed by atoms with Crippen LogP contribution in [0.15, 0.2) is 28.8 Å². The molecule has 1 aromatic carbocycles. The van der Waals surface area contributed by atoms with Crippen molar-refractivity contribution in [3.8, 4) is 11.3 Å². The third-order valence-electron chi connectivity index (χ3n) is 5.86. The summed E-state index contributed by atoms with van der Waals surface area (Å²) < 4.78 is 10.6. The predicted octanol–water partition coefficient (Wildman–Crippen LogP) is 2.72. The number of hydrogen-bond donors (Lipinski definition) is 2. The van der Waals surface area contributed by atoms with E-state index in [2.05, 4.69) is 10.5 Å². The van der Waals surface area contributed by atoms with Crippen molar-refractivity contribution < 1.29 is 19.2 Å². The van der Waals surface area contributed by atoms with E-state index >= 15 is 0 Å². The highest BCUT2D eigenvalue weighted by atomic mass is 35.5. The van der Waals surface area contributed by atoms with Crippen LogP contribution in [0.25, 0.3) is 11.3 Å². The molecule has 150 valence electrons. The lowest BCUT2D eigenvalue weighted by Gasteiger charge is -2.48. The van der Waals surface area contributed by atoms with Gasteiger partial charge >= 0.3 is 5.97 Å². The molecule has 1 spiro atoms. The summed E-state index contributed by atoms with van der Waals surface area (Å²) in [4.78, 5) is 14.6. The summed E-state index contributed by atoms with van der Waals surface area (Å²) in [5.74, 6) is 0.331. The van der Waals surface area contributed by atoms with Gasteiger partial charge in [0.15, 0.2) is 17.1 Å². The molecule has 7 nitrogen and oxygen atoms in total. The van der Waals surface area contributed by atoms with Crippen molar-refractivity contribution >= 4 is 23.4 Å². The Morgan fingerprint density at radius 1 is 1.43 bits per heavy atom. The maximum atomic E-state index is 12.6. The van der Waals surface area contributed by atoms with Gasteiger partial charge in [-0.05, 0) is 50.1 Å². The Balaban J connectivity index is 1.71. The van der Waals surface area contributed by atoms with Gasteiger partial charge in [-0.25, -0.2) is 4.79 Å².